The molecule has 2 amide bonds. The Morgan fingerprint density at radius 2 is 1.80 bits per heavy atom. The number of ether oxygens (including phenoxy) is 1. The summed E-state index contributed by atoms with van der Waals surface area (Å²) in [5.74, 6) is -0.918. The van der Waals surface area contributed by atoms with Crippen molar-refractivity contribution in [1.29, 1.82) is 0 Å². The molecule has 0 saturated heterocycles. The van der Waals surface area contributed by atoms with Gasteiger partial charge in [-0.2, -0.15) is 0 Å². The van der Waals surface area contributed by atoms with Crippen LogP contribution in [-0.4, -0.2) is 48.8 Å². The molecule has 0 bridgehead atoms. The highest BCUT2D eigenvalue weighted by Gasteiger charge is 2.31. The van der Waals surface area contributed by atoms with E-state index < -0.39 is 12.4 Å². The van der Waals surface area contributed by atoms with Gasteiger partial charge in [0.15, 0.2) is 0 Å². The van der Waals surface area contributed by atoms with Gasteiger partial charge in [-0.15, -0.1) is 13.2 Å². The van der Waals surface area contributed by atoms with Crippen LogP contribution in [0.2, 0.25) is 0 Å². The average Bonchev–Trinajstić information content (AvgIpc) is 2.52. The van der Waals surface area contributed by atoms with Crippen molar-refractivity contribution in [3.8, 4) is 5.75 Å². The molecular formula is C16H22F3N3O3. The Hall–Kier alpha value is -2.29. The number of halogens is 3. The van der Waals surface area contributed by atoms with Crippen molar-refractivity contribution in [2.45, 2.75) is 33.2 Å². The Labute approximate surface area is 144 Å². The number of likely N-dealkylation sites (N-methyl/N-ethyl adjacent to an activating group) is 2. The zero-order chi connectivity index (χ0) is 19.0. The summed E-state index contributed by atoms with van der Waals surface area (Å²) in [7, 11) is 0. The normalized spacial score (nSPS) is 12.6. The van der Waals surface area contributed by atoms with Crippen LogP contribution in [0.5, 0.6) is 5.75 Å². The van der Waals surface area contributed by atoms with Gasteiger partial charge in [0, 0.05) is 12.2 Å². The lowest BCUT2D eigenvalue weighted by Crippen LogP contribution is -2.46. The molecule has 0 heterocycles. The lowest BCUT2D eigenvalue weighted by Gasteiger charge is -2.26. The first-order valence-corrected chi connectivity index (χ1v) is 7.83. The van der Waals surface area contributed by atoms with Crippen molar-refractivity contribution in [3.63, 3.8) is 0 Å². The number of benzene rings is 1. The van der Waals surface area contributed by atoms with Gasteiger partial charge in [-0.05, 0) is 44.7 Å². The molecule has 1 atom stereocenters. The maximum absolute atomic E-state index is 12.3. The zero-order valence-electron chi connectivity index (χ0n) is 14.3. The number of anilines is 1. The average molecular weight is 361 g/mol. The van der Waals surface area contributed by atoms with Crippen LogP contribution >= 0.6 is 0 Å². The smallest absolute Gasteiger partial charge is 0.406 e. The predicted molar refractivity (Wildman–Crippen MR) is 87.1 cm³/mol. The van der Waals surface area contributed by atoms with E-state index in [0.29, 0.717) is 18.8 Å². The molecule has 0 aliphatic carbocycles. The van der Waals surface area contributed by atoms with E-state index in [1.54, 1.807) is 18.7 Å². The minimum Gasteiger partial charge on any atom is -0.406 e. The highest BCUT2D eigenvalue weighted by molar-refractivity contribution is 5.95. The molecule has 0 unspecified atom stereocenters. The van der Waals surface area contributed by atoms with Gasteiger partial charge in [0.25, 0.3) is 0 Å². The molecule has 6 nitrogen and oxygen atoms in total. The van der Waals surface area contributed by atoms with Gasteiger partial charge in [-0.3, -0.25) is 14.5 Å². The zero-order valence-corrected chi connectivity index (χ0v) is 14.3. The maximum atomic E-state index is 12.3. The van der Waals surface area contributed by atoms with Crippen LogP contribution in [0.15, 0.2) is 24.3 Å². The molecule has 1 aromatic carbocycles. The summed E-state index contributed by atoms with van der Waals surface area (Å²) in [6.45, 7) is 6.35. The summed E-state index contributed by atoms with van der Waals surface area (Å²) in [5.41, 5.74) is 0.334. The van der Waals surface area contributed by atoms with Gasteiger partial charge >= 0.3 is 6.36 Å². The fourth-order valence-electron chi connectivity index (χ4n) is 2.11. The van der Waals surface area contributed by atoms with Gasteiger partial charge in [-0.25, -0.2) is 0 Å². The van der Waals surface area contributed by atoms with Gasteiger partial charge < -0.3 is 15.4 Å². The Morgan fingerprint density at radius 1 is 1.20 bits per heavy atom. The molecule has 1 aromatic rings. The minimum atomic E-state index is -4.76. The van der Waals surface area contributed by atoms with Crippen LogP contribution in [0.1, 0.15) is 20.8 Å². The standard InChI is InChI=1S/C16H22F3N3O3/c1-4-20-14(23)10-22(5-2)11(3)15(24)21-12-6-8-13(9-7-12)25-16(17,18)19/h6-9,11H,4-5,10H2,1-3H3,(H,20,23)(H,21,24)/t11-/m0/s1. The lowest BCUT2D eigenvalue weighted by atomic mass is 10.2. The van der Waals surface area contributed by atoms with E-state index in [9.17, 15) is 22.8 Å². The molecule has 0 aliphatic heterocycles. The van der Waals surface area contributed by atoms with Gasteiger partial charge in [0.2, 0.25) is 11.8 Å². The summed E-state index contributed by atoms with van der Waals surface area (Å²) in [5, 5.41) is 5.26. The number of carbonyl (C=O) groups excluding carboxylic acids is 2. The number of alkyl halides is 3. The molecule has 0 spiro atoms. The number of hydrogen-bond acceptors (Lipinski definition) is 4. The van der Waals surface area contributed by atoms with E-state index in [0.717, 1.165) is 12.1 Å². The molecule has 0 fully saturated rings. The lowest BCUT2D eigenvalue weighted by molar-refractivity contribution is -0.274. The van der Waals surface area contributed by atoms with E-state index >= 15 is 0 Å². The predicted octanol–water partition coefficient (Wildman–Crippen LogP) is 2.37. The van der Waals surface area contributed by atoms with Crippen LogP contribution in [-0.2, 0) is 9.59 Å². The van der Waals surface area contributed by atoms with E-state index in [4.69, 9.17) is 0 Å². The number of nitrogens with one attached hydrogen (secondary N) is 2. The summed E-state index contributed by atoms with van der Waals surface area (Å²) >= 11 is 0. The van der Waals surface area contributed by atoms with Crippen molar-refractivity contribution >= 4 is 17.5 Å². The van der Waals surface area contributed by atoms with Crippen LogP contribution in [0.25, 0.3) is 0 Å². The Kier molecular flexibility index (Phi) is 7.69. The molecule has 25 heavy (non-hydrogen) atoms. The van der Waals surface area contributed by atoms with Gasteiger partial charge in [-0.1, -0.05) is 6.92 Å². The first-order valence-electron chi connectivity index (χ1n) is 7.83. The van der Waals surface area contributed by atoms with Crippen molar-refractivity contribution < 1.29 is 27.5 Å². The third kappa shape index (κ3) is 7.42. The third-order valence-corrected chi connectivity index (χ3v) is 3.41. The Bertz CT molecular complexity index is 576. The maximum Gasteiger partial charge on any atom is 0.573 e. The monoisotopic (exact) mass is 361 g/mol. The first-order chi connectivity index (χ1) is 11.7. The quantitative estimate of drug-likeness (QED) is 0.746. The molecule has 0 radical (unpaired) electrons. The molecular weight excluding hydrogens is 339 g/mol. The van der Waals surface area contributed by atoms with Crippen LogP contribution in [0.4, 0.5) is 18.9 Å². The van der Waals surface area contributed by atoms with Crippen molar-refractivity contribution in [2.75, 3.05) is 25.0 Å². The highest BCUT2D eigenvalue weighted by atomic mass is 19.4. The largest absolute Gasteiger partial charge is 0.573 e. The molecule has 0 aromatic heterocycles. The van der Waals surface area contributed by atoms with E-state index in [2.05, 4.69) is 15.4 Å². The number of nitrogens with zero attached hydrogens (tertiary/aromatic N) is 1. The topological polar surface area (TPSA) is 70.7 Å². The summed E-state index contributed by atoms with van der Waals surface area (Å²) in [6.07, 6.45) is -4.76. The van der Waals surface area contributed by atoms with Crippen molar-refractivity contribution in [3.05, 3.63) is 24.3 Å². The second kappa shape index (κ2) is 9.26. The number of amides is 2. The van der Waals surface area contributed by atoms with Crippen molar-refractivity contribution in [1.82, 2.24) is 10.2 Å². The van der Waals surface area contributed by atoms with Gasteiger partial charge in [0.05, 0.1) is 12.6 Å². The third-order valence-electron chi connectivity index (χ3n) is 3.41. The SMILES string of the molecule is CCNC(=O)CN(CC)[C@@H](C)C(=O)Nc1ccc(OC(F)(F)F)cc1. The van der Waals surface area contributed by atoms with E-state index in [1.165, 1.54) is 12.1 Å². The fourth-order valence-corrected chi connectivity index (χ4v) is 2.11. The molecule has 2 N–H and O–H groups in total. The highest BCUT2D eigenvalue weighted by Crippen LogP contribution is 2.24. The number of carbonyl (C=O) groups is 2. The summed E-state index contributed by atoms with van der Waals surface area (Å²) in [6, 6.07) is 4.26. The molecule has 1 rings (SSSR count). The van der Waals surface area contributed by atoms with Gasteiger partial charge in [0.1, 0.15) is 5.75 Å². The second-order valence-electron chi connectivity index (χ2n) is 5.25. The molecule has 140 valence electrons. The van der Waals surface area contributed by atoms with Crippen LogP contribution < -0.4 is 15.4 Å². The molecule has 0 aliphatic rings. The van der Waals surface area contributed by atoms with E-state index in [1.807, 2.05) is 6.92 Å². The molecule has 0 saturated carbocycles. The fraction of sp³-hybridized carbons (Fsp3) is 0.500. The number of rotatable bonds is 8. The molecule has 9 heteroatoms. The first kappa shape index (κ1) is 20.8. The summed E-state index contributed by atoms with van der Waals surface area (Å²) in [4.78, 5) is 25.6. The second-order valence-corrected chi connectivity index (χ2v) is 5.25. The Balaban J connectivity index is 2.65. The number of hydrogen-bond donors (Lipinski definition) is 2. The van der Waals surface area contributed by atoms with Crippen LogP contribution in [0.3, 0.4) is 0 Å². The van der Waals surface area contributed by atoms with Crippen LogP contribution in [0, 0.1) is 0 Å². The summed E-state index contributed by atoms with van der Waals surface area (Å²) < 4.78 is 40.1. The minimum absolute atomic E-state index is 0.0806. The van der Waals surface area contributed by atoms with E-state index in [-0.39, 0.29) is 24.1 Å². The Morgan fingerprint density at radius 3 is 2.28 bits per heavy atom. The van der Waals surface area contributed by atoms with Crippen molar-refractivity contribution in [2.24, 2.45) is 0 Å².